The van der Waals surface area contributed by atoms with Crippen molar-refractivity contribution in [2.75, 3.05) is 32.6 Å². The summed E-state index contributed by atoms with van der Waals surface area (Å²) in [6.07, 6.45) is 0.513. The van der Waals surface area contributed by atoms with Crippen LogP contribution in [0.3, 0.4) is 0 Å². The second-order valence-corrected chi connectivity index (χ2v) is 5.91. The summed E-state index contributed by atoms with van der Waals surface area (Å²) in [5.41, 5.74) is 2.20. The predicted octanol–water partition coefficient (Wildman–Crippen LogP) is 1.71. The molecule has 1 saturated heterocycles. The van der Waals surface area contributed by atoms with E-state index in [2.05, 4.69) is 17.1 Å². The van der Waals surface area contributed by atoms with Crippen LogP contribution in [0.2, 0.25) is 0 Å². The number of carbonyl (C=O) groups is 1. The Hall–Kier alpha value is -1.79. The average Bonchev–Trinajstić information content (AvgIpc) is 2.69. The van der Waals surface area contributed by atoms with Gasteiger partial charge in [-0.1, -0.05) is 6.92 Å². The van der Waals surface area contributed by atoms with Crippen molar-refractivity contribution in [3.63, 3.8) is 0 Å². The number of fused-ring (bicyclic) bond motifs is 3. The van der Waals surface area contributed by atoms with Crippen molar-refractivity contribution in [3.05, 3.63) is 23.8 Å². The first-order chi connectivity index (χ1) is 9.95. The third kappa shape index (κ3) is 2.15. The fourth-order valence-corrected chi connectivity index (χ4v) is 3.25. The first kappa shape index (κ1) is 14.2. The third-order valence-electron chi connectivity index (χ3n) is 4.50. The highest BCUT2D eigenvalue weighted by Gasteiger charge is 2.50. The molecule has 1 N–H and O–H groups in total. The van der Waals surface area contributed by atoms with Crippen molar-refractivity contribution in [1.82, 2.24) is 10.4 Å². The predicted molar refractivity (Wildman–Crippen MR) is 79.4 cm³/mol. The molecule has 2 heterocycles. The van der Waals surface area contributed by atoms with E-state index >= 15 is 0 Å². The number of ether oxygens (including phenoxy) is 1. The SMILES string of the molecule is CNC(=O)Oc1ccc2c(c1)[C@]1(C)CCN(C)OC1N2C. The molecule has 0 saturated carbocycles. The van der Waals surface area contributed by atoms with Crippen LogP contribution in [-0.4, -0.2) is 45.1 Å². The molecule has 3 rings (SSSR count). The summed E-state index contributed by atoms with van der Waals surface area (Å²) < 4.78 is 5.25. The van der Waals surface area contributed by atoms with Crippen molar-refractivity contribution >= 4 is 11.8 Å². The normalized spacial score (nSPS) is 28.0. The highest BCUT2D eigenvalue weighted by atomic mass is 16.7. The number of hydrogen-bond acceptors (Lipinski definition) is 5. The number of anilines is 1. The van der Waals surface area contributed by atoms with Gasteiger partial charge in [0.05, 0.1) is 0 Å². The monoisotopic (exact) mass is 291 g/mol. The van der Waals surface area contributed by atoms with Gasteiger partial charge in [-0.3, -0.25) is 4.84 Å². The molecule has 6 nitrogen and oxygen atoms in total. The molecular formula is C15H21N3O3. The third-order valence-corrected chi connectivity index (χ3v) is 4.50. The molecule has 1 unspecified atom stereocenters. The Bertz CT molecular complexity index is 577. The molecule has 1 fully saturated rings. The summed E-state index contributed by atoms with van der Waals surface area (Å²) in [6, 6.07) is 5.76. The van der Waals surface area contributed by atoms with Gasteiger partial charge in [0.15, 0.2) is 6.23 Å². The van der Waals surface area contributed by atoms with Crippen LogP contribution in [-0.2, 0) is 10.3 Å². The summed E-state index contributed by atoms with van der Waals surface area (Å²) in [5.74, 6) is 0.558. The number of nitrogens with zero attached hydrogens (tertiary/aromatic N) is 2. The number of carbonyl (C=O) groups excluding carboxylic acids is 1. The first-order valence-electron chi connectivity index (χ1n) is 7.10. The quantitative estimate of drug-likeness (QED) is 0.853. The summed E-state index contributed by atoms with van der Waals surface area (Å²) in [4.78, 5) is 19.5. The fraction of sp³-hybridized carbons (Fsp3) is 0.533. The summed E-state index contributed by atoms with van der Waals surface area (Å²) >= 11 is 0. The Kier molecular flexibility index (Phi) is 3.30. The largest absolute Gasteiger partial charge is 0.412 e. The van der Waals surface area contributed by atoms with Crippen LogP contribution in [0, 0.1) is 0 Å². The Balaban J connectivity index is 1.97. The highest BCUT2D eigenvalue weighted by molar-refractivity contribution is 5.71. The summed E-state index contributed by atoms with van der Waals surface area (Å²) in [7, 11) is 5.54. The van der Waals surface area contributed by atoms with Gasteiger partial charge in [0.2, 0.25) is 0 Å². The Morgan fingerprint density at radius 1 is 1.48 bits per heavy atom. The number of rotatable bonds is 1. The van der Waals surface area contributed by atoms with Crippen molar-refractivity contribution in [2.45, 2.75) is 25.0 Å². The number of hydrogen-bond donors (Lipinski definition) is 1. The van der Waals surface area contributed by atoms with E-state index in [0.29, 0.717) is 5.75 Å². The maximum absolute atomic E-state index is 11.4. The van der Waals surface area contributed by atoms with Crippen LogP contribution in [0.5, 0.6) is 5.75 Å². The Morgan fingerprint density at radius 2 is 2.24 bits per heavy atom. The van der Waals surface area contributed by atoms with Crippen molar-refractivity contribution in [2.24, 2.45) is 0 Å². The first-order valence-corrected chi connectivity index (χ1v) is 7.10. The van der Waals surface area contributed by atoms with Crippen LogP contribution in [0.4, 0.5) is 10.5 Å². The molecule has 0 bridgehead atoms. The minimum atomic E-state index is -0.456. The maximum Gasteiger partial charge on any atom is 0.412 e. The van der Waals surface area contributed by atoms with Crippen LogP contribution in [0.15, 0.2) is 18.2 Å². The number of nitrogens with one attached hydrogen (secondary N) is 1. The van der Waals surface area contributed by atoms with Crippen LogP contribution in [0.25, 0.3) is 0 Å². The summed E-state index contributed by atoms with van der Waals surface area (Å²) in [6.45, 7) is 3.08. The number of amides is 1. The lowest BCUT2D eigenvalue weighted by Crippen LogP contribution is -2.52. The van der Waals surface area contributed by atoms with E-state index in [9.17, 15) is 4.79 Å². The molecule has 0 spiro atoms. The number of likely N-dealkylation sites (N-methyl/N-ethyl adjacent to an activating group) is 1. The lowest BCUT2D eigenvalue weighted by atomic mass is 9.79. The lowest BCUT2D eigenvalue weighted by molar-refractivity contribution is -0.226. The van der Waals surface area contributed by atoms with Gasteiger partial charge in [0.25, 0.3) is 0 Å². The van der Waals surface area contributed by atoms with Gasteiger partial charge < -0.3 is 15.0 Å². The second kappa shape index (κ2) is 4.89. The van der Waals surface area contributed by atoms with Crippen molar-refractivity contribution in [3.8, 4) is 5.75 Å². The van der Waals surface area contributed by atoms with Crippen molar-refractivity contribution < 1.29 is 14.4 Å². The van der Waals surface area contributed by atoms with E-state index in [1.807, 2.05) is 37.4 Å². The number of hydroxylamine groups is 2. The smallest absolute Gasteiger partial charge is 0.410 e. The lowest BCUT2D eigenvalue weighted by Gasteiger charge is -2.42. The zero-order valence-electron chi connectivity index (χ0n) is 12.8. The zero-order valence-corrected chi connectivity index (χ0v) is 12.8. The van der Waals surface area contributed by atoms with E-state index in [4.69, 9.17) is 9.57 Å². The van der Waals surface area contributed by atoms with Crippen LogP contribution < -0.4 is 15.0 Å². The molecule has 2 aliphatic heterocycles. The zero-order chi connectivity index (χ0) is 15.2. The molecule has 1 amide bonds. The molecule has 1 aromatic rings. The molecule has 0 aliphatic carbocycles. The molecule has 0 radical (unpaired) electrons. The summed E-state index contributed by atoms with van der Waals surface area (Å²) in [5, 5.41) is 4.34. The highest BCUT2D eigenvalue weighted by Crippen LogP contribution is 2.50. The minimum Gasteiger partial charge on any atom is -0.410 e. The molecule has 2 aliphatic rings. The fourth-order valence-electron chi connectivity index (χ4n) is 3.25. The van der Waals surface area contributed by atoms with Gasteiger partial charge in [-0.15, -0.1) is 0 Å². The van der Waals surface area contributed by atoms with Crippen LogP contribution in [0.1, 0.15) is 18.9 Å². The van der Waals surface area contributed by atoms with Gasteiger partial charge in [0, 0.05) is 38.8 Å². The minimum absolute atomic E-state index is 0.0264. The van der Waals surface area contributed by atoms with Gasteiger partial charge >= 0.3 is 6.09 Å². The second-order valence-electron chi connectivity index (χ2n) is 5.91. The average molecular weight is 291 g/mol. The van der Waals surface area contributed by atoms with Gasteiger partial charge in [-0.2, -0.15) is 5.06 Å². The Morgan fingerprint density at radius 3 is 2.95 bits per heavy atom. The molecule has 0 aromatic heterocycles. The van der Waals surface area contributed by atoms with Crippen LogP contribution >= 0.6 is 0 Å². The standard InChI is InChI=1S/C15H21N3O3/c1-15-7-8-17(3)21-13(15)18(4)12-6-5-10(9-11(12)15)20-14(19)16-2/h5-6,9,13H,7-8H2,1-4H3,(H,16,19)/t13?,15-/m0/s1. The molecule has 1 aromatic carbocycles. The van der Waals surface area contributed by atoms with Crippen molar-refractivity contribution in [1.29, 1.82) is 0 Å². The van der Waals surface area contributed by atoms with Gasteiger partial charge in [0.1, 0.15) is 5.75 Å². The molecule has 6 heteroatoms. The molecule has 21 heavy (non-hydrogen) atoms. The van der Waals surface area contributed by atoms with Gasteiger partial charge in [-0.05, 0) is 30.2 Å². The molecule has 2 atom stereocenters. The molecule has 114 valence electrons. The van der Waals surface area contributed by atoms with E-state index in [1.165, 1.54) is 5.56 Å². The number of benzene rings is 1. The van der Waals surface area contributed by atoms with E-state index in [-0.39, 0.29) is 11.6 Å². The maximum atomic E-state index is 11.4. The van der Waals surface area contributed by atoms with E-state index < -0.39 is 6.09 Å². The van der Waals surface area contributed by atoms with Gasteiger partial charge in [-0.25, -0.2) is 4.79 Å². The van der Waals surface area contributed by atoms with E-state index in [1.54, 1.807) is 7.05 Å². The van der Waals surface area contributed by atoms with E-state index in [0.717, 1.165) is 18.7 Å². The Labute approximate surface area is 124 Å². The topological polar surface area (TPSA) is 54.0 Å². The molecular weight excluding hydrogens is 270 g/mol.